The molecule has 0 aliphatic heterocycles. The van der Waals surface area contributed by atoms with Gasteiger partial charge in [-0.25, -0.2) is 0 Å². The Morgan fingerprint density at radius 1 is 1.42 bits per heavy atom. The van der Waals surface area contributed by atoms with Gasteiger partial charge in [-0.15, -0.1) is 0 Å². The molecule has 1 aromatic rings. The predicted octanol–water partition coefficient (Wildman–Crippen LogP) is 2.03. The molecule has 1 aliphatic rings. The van der Waals surface area contributed by atoms with Crippen LogP contribution >= 0.6 is 0 Å². The highest BCUT2D eigenvalue weighted by Crippen LogP contribution is 2.34. The summed E-state index contributed by atoms with van der Waals surface area (Å²) < 4.78 is 0. The second-order valence-corrected chi connectivity index (χ2v) is 5.62. The molecule has 0 spiro atoms. The van der Waals surface area contributed by atoms with Gasteiger partial charge in [0, 0.05) is 12.7 Å². The summed E-state index contributed by atoms with van der Waals surface area (Å²) in [6, 6.07) is 3.75. The Labute approximate surface area is 114 Å². The Kier molecular flexibility index (Phi) is 4.53. The summed E-state index contributed by atoms with van der Waals surface area (Å²) in [7, 11) is 0. The molecule has 0 aromatic carbocycles. The zero-order chi connectivity index (χ0) is 13.7. The molecule has 104 valence electrons. The van der Waals surface area contributed by atoms with Gasteiger partial charge < -0.3 is 11.1 Å². The van der Waals surface area contributed by atoms with E-state index < -0.39 is 0 Å². The molecule has 3 N–H and O–H groups in total. The first-order valence-electron chi connectivity index (χ1n) is 7.07. The summed E-state index contributed by atoms with van der Waals surface area (Å²) in [5.74, 6) is -0.0866. The number of aromatic nitrogens is 1. The van der Waals surface area contributed by atoms with Crippen molar-refractivity contribution in [3.8, 4) is 0 Å². The van der Waals surface area contributed by atoms with Crippen LogP contribution in [-0.2, 0) is 0 Å². The van der Waals surface area contributed by atoms with Crippen LogP contribution in [0.2, 0.25) is 0 Å². The van der Waals surface area contributed by atoms with E-state index in [1.807, 2.05) is 19.1 Å². The normalized spacial score (nSPS) is 18.0. The van der Waals surface area contributed by atoms with Crippen molar-refractivity contribution >= 4 is 5.91 Å². The molecule has 1 aliphatic carbocycles. The number of nitrogens with zero attached hydrogens (tertiary/aromatic N) is 1. The summed E-state index contributed by atoms with van der Waals surface area (Å²) in [5.41, 5.74) is 7.45. The predicted molar refractivity (Wildman–Crippen MR) is 75.9 cm³/mol. The van der Waals surface area contributed by atoms with Gasteiger partial charge in [-0.1, -0.05) is 25.3 Å². The second-order valence-electron chi connectivity index (χ2n) is 5.62. The molecule has 0 saturated heterocycles. The molecule has 1 saturated carbocycles. The van der Waals surface area contributed by atoms with Gasteiger partial charge in [0.2, 0.25) is 0 Å². The van der Waals surface area contributed by atoms with Crippen LogP contribution in [0.4, 0.5) is 0 Å². The largest absolute Gasteiger partial charge is 0.350 e. The molecule has 4 heteroatoms. The minimum absolute atomic E-state index is 0.0866. The first-order chi connectivity index (χ1) is 9.17. The molecular formula is C15H23N3O. The molecule has 19 heavy (non-hydrogen) atoms. The maximum Gasteiger partial charge on any atom is 0.270 e. The SMILES string of the molecule is Cc1cccnc1C(=O)NCC1(CN)CCCCC1. The summed E-state index contributed by atoms with van der Waals surface area (Å²) in [6.07, 6.45) is 7.61. The molecule has 1 heterocycles. The van der Waals surface area contributed by atoms with E-state index in [0.717, 1.165) is 18.4 Å². The van der Waals surface area contributed by atoms with E-state index in [2.05, 4.69) is 10.3 Å². The van der Waals surface area contributed by atoms with Crippen molar-refractivity contribution in [2.45, 2.75) is 39.0 Å². The van der Waals surface area contributed by atoms with Crippen molar-refractivity contribution in [1.29, 1.82) is 0 Å². The quantitative estimate of drug-likeness (QED) is 0.871. The summed E-state index contributed by atoms with van der Waals surface area (Å²) in [4.78, 5) is 16.3. The van der Waals surface area contributed by atoms with E-state index >= 15 is 0 Å². The lowest BCUT2D eigenvalue weighted by Crippen LogP contribution is -2.44. The number of hydrogen-bond acceptors (Lipinski definition) is 3. The third-order valence-corrected chi connectivity index (χ3v) is 4.20. The molecule has 0 atom stereocenters. The molecule has 0 radical (unpaired) electrons. The van der Waals surface area contributed by atoms with Crippen LogP contribution < -0.4 is 11.1 Å². The van der Waals surface area contributed by atoms with E-state index in [1.165, 1.54) is 19.3 Å². The highest BCUT2D eigenvalue weighted by molar-refractivity contribution is 5.93. The van der Waals surface area contributed by atoms with E-state index in [0.29, 0.717) is 18.8 Å². The average molecular weight is 261 g/mol. The first-order valence-corrected chi connectivity index (χ1v) is 7.07. The van der Waals surface area contributed by atoms with Gasteiger partial charge in [0.1, 0.15) is 5.69 Å². The van der Waals surface area contributed by atoms with Crippen LogP contribution in [-0.4, -0.2) is 24.0 Å². The Hall–Kier alpha value is -1.42. The molecule has 2 rings (SSSR count). The zero-order valence-corrected chi connectivity index (χ0v) is 11.6. The molecular weight excluding hydrogens is 238 g/mol. The number of pyridine rings is 1. The van der Waals surface area contributed by atoms with Gasteiger partial charge in [-0.05, 0) is 43.4 Å². The van der Waals surface area contributed by atoms with Crippen LogP contribution in [0.25, 0.3) is 0 Å². The second kappa shape index (κ2) is 6.15. The van der Waals surface area contributed by atoms with Crippen molar-refractivity contribution in [3.63, 3.8) is 0 Å². The molecule has 0 bridgehead atoms. The maximum absolute atomic E-state index is 12.2. The van der Waals surface area contributed by atoms with Gasteiger partial charge in [0.05, 0.1) is 0 Å². The lowest BCUT2D eigenvalue weighted by Gasteiger charge is -2.36. The number of carbonyl (C=O) groups is 1. The smallest absolute Gasteiger partial charge is 0.270 e. The molecule has 1 amide bonds. The summed E-state index contributed by atoms with van der Waals surface area (Å²) >= 11 is 0. The lowest BCUT2D eigenvalue weighted by molar-refractivity contribution is 0.0908. The van der Waals surface area contributed by atoms with Crippen molar-refractivity contribution in [2.24, 2.45) is 11.1 Å². The van der Waals surface area contributed by atoms with Crippen LogP contribution in [0.5, 0.6) is 0 Å². The van der Waals surface area contributed by atoms with Gasteiger partial charge in [-0.3, -0.25) is 9.78 Å². The van der Waals surface area contributed by atoms with Crippen LogP contribution in [0.1, 0.15) is 48.2 Å². The number of amides is 1. The fourth-order valence-corrected chi connectivity index (χ4v) is 2.83. The number of rotatable bonds is 4. The lowest BCUT2D eigenvalue weighted by atomic mass is 9.74. The van der Waals surface area contributed by atoms with Crippen LogP contribution in [0, 0.1) is 12.3 Å². The van der Waals surface area contributed by atoms with Gasteiger partial charge in [0.25, 0.3) is 5.91 Å². The van der Waals surface area contributed by atoms with E-state index in [9.17, 15) is 4.79 Å². The van der Waals surface area contributed by atoms with Crippen molar-refractivity contribution < 1.29 is 4.79 Å². The number of hydrogen-bond donors (Lipinski definition) is 2. The van der Waals surface area contributed by atoms with Crippen molar-refractivity contribution in [1.82, 2.24) is 10.3 Å². The number of carbonyl (C=O) groups excluding carboxylic acids is 1. The Morgan fingerprint density at radius 3 is 2.79 bits per heavy atom. The molecule has 1 fully saturated rings. The highest BCUT2D eigenvalue weighted by Gasteiger charge is 2.31. The van der Waals surface area contributed by atoms with Crippen molar-refractivity contribution in [2.75, 3.05) is 13.1 Å². The zero-order valence-electron chi connectivity index (χ0n) is 11.6. The minimum Gasteiger partial charge on any atom is -0.350 e. The van der Waals surface area contributed by atoms with E-state index in [4.69, 9.17) is 5.73 Å². The standard InChI is InChI=1S/C15H23N3O/c1-12-6-5-9-17-13(12)14(19)18-11-15(10-16)7-3-2-4-8-15/h5-6,9H,2-4,7-8,10-11,16H2,1H3,(H,18,19). The van der Waals surface area contributed by atoms with Crippen molar-refractivity contribution in [3.05, 3.63) is 29.6 Å². The average Bonchev–Trinajstić information content (AvgIpc) is 2.46. The number of nitrogens with two attached hydrogens (primary N) is 1. The maximum atomic E-state index is 12.2. The van der Waals surface area contributed by atoms with Crippen LogP contribution in [0.15, 0.2) is 18.3 Å². The van der Waals surface area contributed by atoms with Crippen LogP contribution in [0.3, 0.4) is 0 Å². The molecule has 4 nitrogen and oxygen atoms in total. The van der Waals surface area contributed by atoms with E-state index in [-0.39, 0.29) is 11.3 Å². The Morgan fingerprint density at radius 2 is 2.16 bits per heavy atom. The molecule has 1 aromatic heterocycles. The first kappa shape index (κ1) is 14.0. The molecule has 0 unspecified atom stereocenters. The summed E-state index contributed by atoms with van der Waals surface area (Å²) in [5, 5.41) is 3.02. The topological polar surface area (TPSA) is 68.0 Å². The highest BCUT2D eigenvalue weighted by atomic mass is 16.1. The fourth-order valence-electron chi connectivity index (χ4n) is 2.83. The third kappa shape index (κ3) is 3.32. The minimum atomic E-state index is -0.0866. The number of nitrogens with one attached hydrogen (secondary N) is 1. The van der Waals surface area contributed by atoms with E-state index in [1.54, 1.807) is 6.20 Å². The Bertz CT molecular complexity index is 439. The summed E-state index contributed by atoms with van der Waals surface area (Å²) in [6.45, 7) is 3.22. The Balaban J connectivity index is 1.98. The monoisotopic (exact) mass is 261 g/mol. The van der Waals surface area contributed by atoms with Gasteiger partial charge in [-0.2, -0.15) is 0 Å². The van der Waals surface area contributed by atoms with Gasteiger partial charge in [0.15, 0.2) is 0 Å². The number of aryl methyl sites for hydroxylation is 1. The van der Waals surface area contributed by atoms with Gasteiger partial charge >= 0.3 is 0 Å². The third-order valence-electron chi connectivity index (χ3n) is 4.20. The fraction of sp³-hybridized carbons (Fsp3) is 0.600.